The van der Waals surface area contributed by atoms with Crippen molar-refractivity contribution in [2.45, 2.75) is 19.9 Å². The van der Waals surface area contributed by atoms with Gasteiger partial charge < -0.3 is 25.0 Å². The molecule has 53 heavy (non-hydrogen) atoms. The Kier molecular flexibility index (Phi) is 10.5. The number of nitrogens with zero attached hydrogens (tertiary/aromatic N) is 4. The van der Waals surface area contributed by atoms with E-state index in [9.17, 15) is 9.18 Å². The average molecular weight is 746 g/mol. The van der Waals surface area contributed by atoms with Gasteiger partial charge in [-0.05, 0) is 97.4 Å². The van der Waals surface area contributed by atoms with Crippen molar-refractivity contribution in [2.75, 3.05) is 41.3 Å². The Morgan fingerprint density at radius 3 is 2.28 bits per heavy atom. The SMILES string of the molecule is C=CN(/C(=C(\C)c1ccccc1)c1c(C(=O)Nc2cccnc2N2CCN(c3ccc(F)cc3)CC2)[nH]c2cc(Cl)ccc12)C(C)c1ccc(Cl)cc1. The van der Waals surface area contributed by atoms with Gasteiger partial charge in [0, 0.05) is 64.6 Å². The van der Waals surface area contributed by atoms with Crippen molar-refractivity contribution in [3.05, 3.63) is 166 Å². The summed E-state index contributed by atoms with van der Waals surface area (Å²) in [5.41, 5.74) is 7.18. The van der Waals surface area contributed by atoms with Crippen molar-refractivity contribution in [3.63, 3.8) is 0 Å². The van der Waals surface area contributed by atoms with Gasteiger partial charge in [-0.1, -0.05) is 78.3 Å². The lowest BCUT2D eigenvalue weighted by Crippen LogP contribution is -2.47. The van der Waals surface area contributed by atoms with E-state index < -0.39 is 0 Å². The number of aromatic nitrogens is 2. The first-order valence-corrected chi connectivity index (χ1v) is 18.2. The molecule has 2 N–H and O–H groups in total. The molecule has 1 fully saturated rings. The molecule has 3 heterocycles. The number of carbonyl (C=O) groups excluding carboxylic acids is 1. The van der Waals surface area contributed by atoms with E-state index in [0.29, 0.717) is 40.3 Å². The average Bonchev–Trinajstić information content (AvgIpc) is 3.56. The maximum Gasteiger partial charge on any atom is 0.272 e. The number of anilines is 3. The molecule has 1 saturated heterocycles. The van der Waals surface area contributed by atoms with Crippen LogP contribution in [0.3, 0.4) is 0 Å². The molecule has 4 aromatic carbocycles. The summed E-state index contributed by atoms with van der Waals surface area (Å²) in [4.78, 5) is 29.3. The fourth-order valence-electron chi connectivity index (χ4n) is 7.03. The molecule has 268 valence electrons. The summed E-state index contributed by atoms with van der Waals surface area (Å²) < 4.78 is 13.6. The van der Waals surface area contributed by atoms with Crippen LogP contribution in [0.1, 0.15) is 47.1 Å². The molecule has 7 rings (SSSR count). The quantitative estimate of drug-likeness (QED) is 0.146. The van der Waals surface area contributed by atoms with Crippen LogP contribution >= 0.6 is 23.2 Å². The summed E-state index contributed by atoms with van der Waals surface area (Å²) in [5.74, 6) is 0.0993. The molecular weight excluding hydrogens is 706 g/mol. The van der Waals surface area contributed by atoms with Gasteiger partial charge >= 0.3 is 0 Å². The van der Waals surface area contributed by atoms with Crippen molar-refractivity contribution in [1.29, 1.82) is 0 Å². The summed E-state index contributed by atoms with van der Waals surface area (Å²) in [6.45, 7) is 11.2. The largest absolute Gasteiger partial charge is 0.368 e. The van der Waals surface area contributed by atoms with E-state index in [2.05, 4.69) is 57.6 Å². The maximum atomic E-state index is 14.7. The number of halogens is 3. The summed E-state index contributed by atoms with van der Waals surface area (Å²) in [7, 11) is 0. The van der Waals surface area contributed by atoms with Crippen LogP contribution in [-0.4, -0.2) is 47.0 Å². The van der Waals surface area contributed by atoms with Crippen molar-refractivity contribution in [1.82, 2.24) is 14.9 Å². The standard InChI is InChI=1S/C43H39Cl2FN6O/c1-4-52(29(3)31-12-14-32(44)15-13-31)41(28(2)30-9-6-5-7-10-30)39-36-21-16-33(45)27-38(36)48-40(39)43(53)49-37-11-8-22-47-42(37)51-25-23-50(24-26-51)35-19-17-34(46)18-20-35/h4-22,27,29,48H,1,23-26H2,2-3H3,(H,49,53)/b41-28+. The van der Waals surface area contributed by atoms with Crippen LogP contribution < -0.4 is 15.1 Å². The molecule has 10 heteroatoms. The molecule has 1 aliphatic rings. The molecule has 0 spiro atoms. The third-order valence-corrected chi connectivity index (χ3v) is 10.3. The zero-order valence-corrected chi connectivity index (χ0v) is 31.0. The van der Waals surface area contributed by atoms with Crippen LogP contribution in [0.25, 0.3) is 22.2 Å². The summed E-state index contributed by atoms with van der Waals surface area (Å²) in [6.07, 6.45) is 3.54. The van der Waals surface area contributed by atoms with Crippen molar-refractivity contribution in [2.24, 2.45) is 0 Å². The monoisotopic (exact) mass is 744 g/mol. The Balaban J connectivity index is 1.29. The van der Waals surface area contributed by atoms with Crippen LogP contribution in [0.2, 0.25) is 10.0 Å². The maximum absolute atomic E-state index is 14.7. The predicted molar refractivity (Wildman–Crippen MR) is 217 cm³/mol. The number of rotatable bonds is 10. The molecule has 1 aliphatic heterocycles. The van der Waals surface area contributed by atoms with Gasteiger partial charge in [-0.2, -0.15) is 0 Å². The van der Waals surface area contributed by atoms with Crippen molar-refractivity contribution >= 4 is 68.5 Å². The number of nitrogens with one attached hydrogen (secondary N) is 2. The molecule has 0 radical (unpaired) electrons. The van der Waals surface area contributed by atoms with Crippen molar-refractivity contribution < 1.29 is 9.18 Å². The molecule has 7 nitrogen and oxygen atoms in total. The number of allylic oxidation sites excluding steroid dienone is 1. The third kappa shape index (κ3) is 7.52. The Morgan fingerprint density at radius 2 is 1.58 bits per heavy atom. The van der Waals surface area contributed by atoms with Gasteiger partial charge in [0.05, 0.1) is 17.4 Å². The number of H-pyrrole nitrogens is 1. The molecular formula is C43H39Cl2FN6O. The van der Waals surface area contributed by atoms with Crippen LogP contribution in [-0.2, 0) is 0 Å². The molecule has 2 aromatic heterocycles. The first-order chi connectivity index (χ1) is 25.7. The van der Waals surface area contributed by atoms with E-state index in [4.69, 9.17) is 28.2 Å². The molecule has 1 unspecified atom stereocenters. The second-order valence-corrected chi connectivity index (χ2v) is 13.9. The Labute approximate surface area is 319 Å². The van der Waals surface area contributed by atoms with E-state index in [1.54, 1.807) is 18.3 Å². The van der Waals surface area contributed by atoms with Gasteiger partial charge in [-0.3, -0.25) is 4.79 Å². The minimum absolute atomic E-state index is 0.176. The first kappa shape index (κ1) is 35.8. The summed E-state index contributed by atoms with van der Waals surface area (Å²) >= 11 is 12.8. The van der Waals surface area contributed by atoms with Crippen LogP contribution in [0.4, 0.5) is 21.6 Å². The summed E-state index contributed by atoms with van der Waals surface area (Å²) in [5, 5.41) is 5.24. The minimum atomic E-state index is -0.326. The minimum Gasteiger partial charge on any atom is -0.368 e. The van der Waals surface area contributed by atoms with E-state index >= 15 is 0 Å². The number of aromatic amines is 1. The first-order valence-electron chi connectivity index (χ1n) is 17.5. The fourth-order valence-corrected chi connectivity index (χ4v) is 7.32. The molecule has 1 atom stereocenters. The third-order valence-electron chi connectivity index (χ3n) is 9.82. The van der Waals surface area contributed by atoms with Gasteiger partial charge in [0.25, 0.3) is 5.91 Å². The van der Waals surface area contributed by atoms with Crippen LogP contribution in [0, 0.1) is 5.82 Å². The van der Waals surface area contributed by atoms with Gasteiger partial charge in [0.2, 0.25) is 0 Å². The number of pyridine rings is 1. The van der Waals surface area contributed by atoms with E-state index in [1.165, 1.54) is 12.1 Å². The van der Waals surface area contributed by atoms with Crippen LogP contribution in [0.15, 0.2) is 128 Å². The Morgan fingerprint density at radius 1 is 0.906 bits per heavy atom. The number of hydrogen-bond donors (Lipinski definition) is 2. The predicted octanol–water partition coefficient (Wildman–Crippen LogP) is 10.7. The molecule has 0 aliphatic carbocycles. The normalized spacial score (nSPS) is 14.1. The molecule has 0 saturated carbocycles. The topological polar surface area (TPSA) is 67.5 Å². The number of benzene rings is 4. The molecule has 0 bridgehead atoms. The number of fused-ring (bicyclic) bond motifs is 1. The highest BCUT2D eigenvalue weighted by Crippen LogP contribution is 2.41. The molecule has 1 amide bonds. The number of piperazine rings is 1. The highest BCUT2D eigenvalue weighted by molar-refractivity contribution is 6.31. The molecule has 6 aromatic rings. The van der Waals surface area contributed by atoms with Crippen molar-refractivity contribution in [3.8, 4) is 0 Å². The highest BCUT2D eigenvalue weighted by Gasteiger charge is 2.29. The van der Waals surface area contributed by atoms with E-state index in [-0.39, 0.29) is 17.8 Å². The number of amides is 1. The van der Waals surface area contributed by atoms with Gasteiger partial charge in [-0.15, -0.1) is 0 Å². The Hall–Kier alpha value is -5.57. The smallest absolute Gasteiger partial charge is 0.272 e. The number of hydrogen-bond acceptors (Lipinski definition) is 5. The lowest BCUT2D eigenvalue weighted by atomic mass is 9.95. The van der Waals surface area contributed by atoms with Crippen LogP contribution in [0.5, 0.6) is 0 Å². The lowest BCUT2D eigenvalue weighted by molar-refractivity contribution is 0.102. The van der Waals surface area contributed by atoms with Gasteiger partial charge in [-0.25, -0.2) is 9.37 Å². The van der Waals surface area contributed by atoms with Gasteiger partial charge in [0.15, 0.2) is 5.82 Å². The zero-order valence-electron chi connectivity index (χ0n) is 29.5. The van der Waals surface area contributed by atoms with Gasteiger partial charge in [0.1, 0.15) is 11.5 Å². The summed E-state index contributed by atoms with van der Waals surface area (Å²) in [6, 6.07) is 33.6. The van der Waals surface area contributed by atoms with E-state index in [0.717, 1.165) is 57.6 Å². The fraction of sp³-hybridized carbons (Fsp3) is 0.163. The zero-order chi connectivity index (χ0) is 37.1. The number of carbonyl (C=O) groups is 1. The lowest BCUT2D eigenvalue weighted by Gasteiger charge is -2.37. The van der Waals surface area contributed by atoms with E-state index in [1.807, 2.05) is 79.0 Å². The second kappa shape index (κ2) is 15.6. The Bertz CT molecular complexity index is 2280. The second-order valence-electron chi connectivity index (χ2n) is 13.0. The highest BCUT2D eigenvalue weighted by atomic mass is 35.5.